The van der Waals surface area contributed by atoms with Crippen LogP contribution in [-0.4, -0.2) is 29.9 Å². The lowest BCUT2D eigenvalue weighted by molar-refractivity contribution is 0.896. The average Bonchev–Trinajstić information content (AvgIpc) is 2.85. The Hall–Kier alpha value is -2.44. The van der Waals surface area contributed by atoms with Crippen molar-refractivity contribution in [3.8, 4) is 5.69 Å². The van der Waals surface area contributed by atoms with Crippen LogP contribution in [0.15, 0.2) is 24.9 Å². The van der Waals surface area contributed by atoms with Crippen LogP contribution >= 0.6 is 0 Å². The molecule has 7 nitrogen and oxygen atoms in total. The van der Waals surface area contributed by atoms with Gasteiger partial charge < -0.3 is 5.73 Å². The van der Waals surface area contributed by atoms with E-state index in [9.17, 15) is 0 Å². The second kappa shape index (κ2) is 2.77. The molecule has 0 amide bonds. The van der Waals surface area contributed by atoms with Crippen LogP contribution in [0.4, 0.5) is 5.82 Å². The molecule has 0 saturated heterocycles. The minimum absolute atomic E-state index is 0.426. The zero-order chi connectivity index (χ0) is 10.3. The van der Waals surface area contributed by atoms with E-state index in [4.69, 9.17) is 5.73 Å². The average molecular weight is 201 g/mol. The third-order valence-electron chi connectivity index (χ3n) is 2.12. The Kier molecular flexibility index (Phi) is 1.46. The molecule has 7 heteroatoms. The highest BCUT2D eigenvalue weighted by Crippen LogP contribution is 2.18. The minimum Gasteiger partial charge on any atom is -0.383 e. The predicted octanol–water partition coefficient (Wildman–Crippen LogP) is 0.121. The molecule has 3 rings (SSSR count). The fourth-order valence-electron chi connectivity index (χ4n) is 1.41. The Labute approximate surface area is 84.0 Å². The van der Waals surface area contributed by atoms with Crippen molar-refractivity contribution in [3.63, 3.8) is 0 Å². The maximum Gasteiger partial charge on any atom is 0.168 e. The van der Waals surface area contributed by atoms with Gasteiger partial charge in [0.2, 0.25) is 0 Å². The van der Waals surface area contributed by atoms with Crippen molar-refractivity contribution in [2.75, 3.05) is 5.73 Å². The normalized spacial score (nSPS) is 10.9. The number of nitrogens with one attached hydrogen (secondary N) is 1. The summed E-state index contributed by atoms with van der Waals surface area (Å²) in [6.45, 7) is 0. The van der Waals surface area contributed by atoms with Crippen molar-refractivity contribution in [1.82, 2.24) is 29.9 Å². The molecule has 15 heavy (non-hydrogen) atoms. The summed E-state index contributed by atoms with van der Waals surface area (Å²) in [5, 5.41) is 11.5. The molecule has 0 fully saturated rings. The topological polar surface area (TPSA) is 98.3 Å². The van der Waals surface area contributed by atoms with Crippen molar-refractivity contribution in [1.29, 1.82) is 0 Å². The Bertz CT molecular complexity index is 595. The highest BCUT2D eigenvalue weighted by atomic mass is 15.3. The van der Waals surface area contributed by atoms with Gasteiger partial charge in [-0.2, -0.15) is 10.2 Å². The van der Waals surface area contributed by atoms with E-state index in [1.807, 2.05) is 0 Å². The molecule has 0 spiro atoms. The molecule has 0 aliphatic rings. The maximum atomic E-state index is 5.70. The van der Waals surface area contributed by atoms with Crippen LogP contribution in [0.2, 0.25) is 0 Å². The van der Waals surface area contributed by atoms with E-state index in [2.05, 4.69) is 25.3 Å². The van der Waals surface area contributed by atoms with Crippen LogP contribution in [0.3, 0.4) is 0 Å². The van der Waals surface area contributed by atoms with Crippen molar-refractivity contribution >= 4 is 16.9 Å². The highest BCUT2D eigenvalue weighted by molar-refractivity contribution is 5.85. The molecule has 74 valence electrons. The summed E-state index contributed by atoms with van der Waals surface area (Å²) in [7, 11) is 0. The van der Waals surface area contributed by atoms with Crippen LogP contribution in [0.25, 0.3) is 16.7 Å². The number of nitrogen functional groups attached to an aromatic ring is 1. The monoisotopic (exact) mass is 201 g/mol. The standard InChI is InChI=1S/C8H7N7/c9-7-6-3-14-15(5-1-12-13-2-5)8(6)11-4-10-7/h1-4H,(H,12,13)(H2,9,10,11). The summed E-state index contributed by atoms with van der Waals surface area (Å²) in [5.41, 5.74) is 7.17. The van der Waals surface area contributed by atoms with Crippen LogP contribution in [-0.2, 0) is 0 Å². The van der Waals surface area contributed by atoms with E-state index in [1.54, 1.807) is 23.3 Å². The number of rotatable bonds is 1. The Balaban J connectivity index is 2.34. The number of aromatic nitrogens is 6. The smallest absolute Gasteiger partial charge is 0.168 e. The molecule has 3 aromatic rings. The van der Waals surface area contributed by atoms with E-state index in [0.29, 0.717) is 11.5 Å². The molecular formula is C8H7N7. The van der Waals surface area contributed by atoms with E-state index in [1.165, 1.54) is 6.33 Å². The van der Waals surface area contributed by atoms with Crippen LogP contribution in [0, 0.1) is 0 Å². The first-order valence-corrected chi connectivity index (χ1v) is 4.29. The number of fused-ring (bicyclic) bond motifs is 1. The van der Waals surface area contributed by atoms with Gasteiger partial charge in [0.25, 0.3) is 0 Å². The number of hydrogen-bond donors (Lipinski definition) is 2. The molecule has 0 radical (unpaired) electrons. The summed E-state index contributed by atoms with van der Waals surface area (Å²) < 4.78 is 1.65. The van der Waals surface area contributed by atoms with E-state index in [-0.39, 0.29) is 0 Å². The number of aromatic amines is 1. The zero-order valence-electron chi connectivity index (χ0n) is 7.62. The zero-order valence-corrected chi connectivity index (χ0v) is 7.62. The first-order valence-electron chi connectivity index (χ1n) is 4.29. The summed E-state index contributed by atoms with van der Waals surface area (Å²) in [6, 6.07) is 0. The second-order valence-corrected chi connectivity index (χ2v) is 3.01. The molecule has 0 aliphatic heterocycles. The maximum absolute atomic E-state index is 5.70. The van der Waals surface area contributed by atoms with Crippen molar-refractivity contribution in [2.24, 2.45) is 0 Å². The first kappa shape index (κ1) is 7.92. The van der Waals surface area contributed by atoms with Gasteiger partial charge in [0.1, 0.15) is 17.8 Å². The SMILES string of the molecule is Nc1ncnc2c1cnn2-c1cn[nH]c1. The number of hydrogen-bond acceptors (Lipinski definition) is 5. The molecule has 3 aromatic heterocycles. The lowest BCUT2D eigenvalue weighted by Crippen LogP contribution is -1.97. The molecule has 3 heterocycles. The molecule has 3 N–H and O–H groups in total. The van der Waals surface area contributed by atoms with Crippen molar-refractivity contribution < 1.29 is 0 Å². The molecular weight excluding hydrogens is 194 g/mol. The summed E-state index contributed by atoms with van der Waals surface area (Å²) in [5.74, 6) is 0.426. The number of nitrogens with two attached hydrogens (primary N) is 1. The molecule has 0 aliphatic carbocycles. The fraction of sp³-hybridized carbons (Fsp3) is 0. The fourth-order valence-corrected chi connectivity index (χ4v) is 1.41. The second-order valence-electron chi connectivity index (χ2n) is 3.01. The van der Waals surface area contributed by atoms with Gasteiger partial charge in [-0.05, 0) is 0 Å². The Morgan fingerprint density at radius 2 is 2.20 bits per heavy atom. The summed E-state index contributed by atoms with van der Waals surface area (Å²) in [4.78, 5) is 8.02. The minimum atomic E-state index is 0.426. The van der Waals surface area contributed by atoms with Gasteiger partial charge >= 0.3 is 0 Å². The van der Waals surface area contributed by atoms with Gasteiger partial charge in [-0.1, -0.05) is 0 Å². The van der Waals surface area contributed by atoms with E-state index >= 15 is 0 Å². The van der Waals surface area contributed by atoms with Gasteiger partial charge in [-0.25, -0.2) is 14.6 Å². The van der Waals surface area contributed by atoms with Gasteiger partial charge in [0.15, 0.2) is 5.65 Å². The van der Waals surface area contributed by atoms with Crippen molar-refractivity contribution in [3.05, 3.63) is 24.9 Å². The van der Waals surface area contributed by atoms with E-state index in [0.717, 1.165) is 11.1 Å². The largest absolute Gasteiger partial charge is 0.383 e. The molecule has 0 saturated carbocycles. The number of nitrogens with zero attached hydrogens (tertiary/aromatic N) is 5. The van der Waals surface area contributed by atoms with Crippen molar-refractivity contribution in [2.45, 2.75) is 0 Å². The Morgan fingerprint density at radius 3 is 3.00 bits per heavy atom. The third-order valence-corrected chi connectivity index (χ3v) is 2.12. The van der Waals surface area contributed by atoms with Crippen LogP contribution in [0.5, 0.6) is 0 Å². The predicted molar refractivity (Wildman–Crippen MR) is 53.2 cm³/mol. The van der Waals surface area contributed by atoms with Gasteiger partial charge in [0.05, 0.1) is 17.8 Å². The summed E-state index contributed by atoms with van der Waals surface area (Å²) in [6.07, 6.45) is 6.43. The molecule has 0 aromatic carbocycles. The van der Waals surface area contributed by atoms with Gasteiger partial charge in [-0.3, -0.25) is 5.10 Å². The van der Waals surface area contributed by atoms with Crippen LogP contribution < -0.4 is 5.73 Å². The molecule has 0 bridgehead atoms. The Morgan fingerprint density at radius 1 is 1.27 bits per heavy atom. The quantitative estimate of drug-likeness (QED) is 0.582. The van der Waals surface area contributed by atoms with E-state index < -0.39 is 0 Å². The lowest BCUT2D eigenvalue weighted by Gasteiger charge is -1.97. The highest BCUT2D eigenvalue weighted by Gasteiger charge is 2.09. The van der Waals surface area contributed by atoms with Gasteiger partial charge in [0, 0.05) is 6.20 Å². The molecule has 0 unspecified atom stereocenters. The third kappa shape index (κ3) is 1.06. The van der Waals surface area contributed by atoms with Gasteiger partial charge in [-0.15, -0.1) is 0 Å². The number of anilines is 1. The molecule has 0 atom stereocenters. The summed E-state index contributed by atoms with van der Waals surface area (Å²) >= 11 is 0. The number of H-pyrrole nitrogens is 1. The lowest BCUT2D eigenvalue weighted by atomic mass is 10.4. The first-order chi connectivity index (χ1) is 7.36. The van der Waals surface area contributed by atoms with Crippen LogP contribution in [0.1, 0.15) is 0 Å².